The zero-order valence-corrected chi connectivity index (χ0v) is 35.9. The standard InChI is InChI=1S/C60H36N6O/c1-2-12-37(13-3-1)39-23-24-41-35-42(26-25-40(41)34-39)59-62-58(63-60(64-59)49-18-10-17-48-56-55(67-57(48)49)22-11-33-61-56)38-27-29-43(30-28-38)65-53-21-9-6-16-47(53)50-36-44(31-32-54(50)65)66-51-19-7-4-14-45(51)46-15-5-8-20-52(46)66/h1-36H. The van der Waals surface area contributed by atoms with Crippen molar-refractivity contribution in [3.05, 3.63) is 219 Å². The van der Waals surface area contributed by atoms with E-state index in [2.05, 4.69) is 190 Å². The van der Waals surface area contributed by atoms with E-state index in [0.717, 1.165) is 60.8 Å². The maximum atomic E-state index is 6.46. The number of fused-ring (bicyclic) bond motifs is 10. The summed E-state index contributed by atoms with van der Waals surface area (Å²) in [6.45, 7) is 0. The Kier molecular flexibility index (Phi) is 8.15. The van der Waals surface area contributed by atoms with Crippen LogP contribution in [-0.2, 0) is 0 Å². The lowest BCUT2D eigenvalue weighted by Gasteiger charge is -2.12. The Labute approximate surface area is 383 Å². The molecule has 0 aliphatic rings. The summed E-state index contributed by atoms with van der Waals surface area (Å²) in [5.41, 5.74) is 13.9. The van der Waals surface area contributed by atoms with E-state index in [4.69, 9.17) is 19.4 Å². The van der Waals surface area contributed by atoms with Gasteiger partial charge in [0.25, 0.3) is 0 Å². The van der Waals surface area contributed by atoms with Crippen LogP contribution in [0.5, 0.6) is 0 Å². The van der Waals surface area contributed by atoms with Crippen LogP contribution in [0, 0.1) is 0 Å². The molecule has 14 rings (SSSR count). The fourth-order valence-electron chi connectivity index (χ4n) is 10.1. The zero-order valence-electron chi connectivity index (χ0n) is 35.9. The molecule has 0 spiro atoms. The lowest BCUT2D eigenvalue weighted by atomic mass is 10.00. The van der Waals surface area contributed by atoms with E-state index in [9.17, 15) is 0 Å². The molecule has 312 valence electrons. The second-order valence-corrected chi connectivity index (χ2v) is 17.1. The van der Waals surface area contributed by atoms with Gasteiger partial charge in [-0.2, -0.15) is 0 Å². The number of pyridine rings is 1. The van der Waals surface area contributed by atoms with Crippen molar-refractivity contribution < 1.29 is 4.42 Å². The molecular weight excluding hydrogens is 821 g/mol. The van der Waals surface area contributed by atoms with Gasteiger partial charge in [0.2, 0.25) is 0 Å². The van der Waals surface area contributed by atoms with Crippen LogP contribution in [0.2, 0.25) is 0 Å². The third-order valence-electron chi connectivity index (χ3n) is 13.2. The van der Waals surface area contributed by atoms with Crippen LogP contribution in [0.3, 0.4) is 0 Å². The first-order valence-electron chi connectivity index (χ1n) is 22.5. The molecule has 0 fully saturated rings. The fraction of sp³-hybridized carbons (Fsp3) is 0. The fourth-order valence-corrected chi connectivity index (χ4v) is 10.1. The number of benzene rings is 9. The van der Waals surface area contributed by atoms with Crippen LogP contribution < -0.4 is 0 Å². The Morgan fingerprint density at radius 3 is 1.63 bits per heavy atom. The number of rotatable bonds is 6. The van der Waals surface area contributed by atoms with Gasteiger partial charge in [0.05, 0.1) is 27.6 Å². The molecular formula is C60H36N6O. The topological polar surface area (TPSA) is 74.6 Å². The summed E-state index contributed by atoms with van der Waals surface area (Å²) in [5, 5.41) is 8.03. The number of nitrogens with zero attached hydrogens (tertiary/aromatic N) is 6. The molecule has 0 amide bonds. The first kappa shape index (κ1) is 37.2. The molecule has 0 bridgehead atoms. The number of aromatic nitrogens is 6. The molecule has 67 heavy (non-hydrogen) atoms. The van der Waals surface area contributed by atoms with E-state index in [1.165, 1.54) is 43.7 Å². The zero-order chi connectivity index (χ0) is 44.0. The summed E-state index contributed by atoms with van der Waals surface area (Å²) in [4.78, 5) is 20.2. The van der Waals surface area contributed by atoms with Crippen molar-refractivity contribution in [3.63, 3.8) is 0 Å². The van der Waals surface area contributed by atoms with Gasteiger partial charge < -0.3 is 13.6 Å². The van der Waals surface area contributed by atoms with Crippen molar-refractivity contribution >= 4 is 76.5 Å². The molecule has 7 nitrogen and oxygen atoms in total. The molecule has 0 atom stereocenters. The van der Waals surface area contributed by atoms with Crippen molar-refractivity contribution in [1.82, 2.24) is 29.1 Å². The minimum atomic E-state index is 0.523. The summed E-state index contributed by atoms with van der Waals surface area (Å²) in [7, 11) is 0. The SMILES string of the molecule is c1ccc(-c2ccc3cc(-c4nc(-c5ccc(-n6c7ccccc7c7cc(-n8c9ccccc9c9ccccc98)ccc76)cc5)nc(-c5cccc6c5oc5cccnc56)n4)ccc3c2)cc1. The van der Waals surface area contributed by atoms with Crippen LogP contribution in [0.15, 0.2) is 223 Å². The minimum Gasteiger partial charge on any atom is -0.454 e. The van der Waals surface area contributed by atoms with Crippen LogP contribution >= 0.6 is 0 Å². The average molecular weight is 857 g/mol. The predicted molar refractivity (Wildman–Crippen MR) is 273 cm³/mol. The normalized spacial score (nSPS) is 11.9. The van der Waals surface area contributed by atoms with Crippen LogP contribution in [0.4, 0.5) is 0 Å². The van der Waals surface area contributed by atoms with Crippen LogP contribution in [0.25, 0.3) is 133 Å². The first-order valence-corrected chi connectivity index (χ1v) is 22.5. The monoisotopic (exact) mass is 856 g/mol. The summed E-state index contributed by atoms with van der Waals surface area (Å²) in [6, 6.07) is 74.7. The van der Waals surface area contributed by atoms with Gasteiger partial charge >= 0.3 is 0 Å². The largest absolute Gasteiger partial charge is 0.454 e. The lowest BCUT2D eigenvalue weighted by Crippen LogP contribution is -2.01. The van der Waals surface area contributed by atoms with E-state index in [0.29, 0.717) is 28.6 Å². The van der Waals surface area contributed by atoms with E-state index >= 15 is 0 Å². The third kappa shape index (κ3) is 5.92. The highest BCUT2D eigenvalue weighted by Gasteiger charge is 2.20. The number of hydrogen-bond donors (Lipinski definition) is 0. The molecule has 5 aromatic heterocycles. The molecule has 0 N–H and O–H groups in total. The molecule has 9 aromatic carbocycles. The van der Waals surface area contributed by atoms with Crippen LogP contribution in [0.1, 0.15) is 0 Å². The van der Waals surface area contributed by atoms with E-state index in [1.807, 2.05) is 36.4 Å². The molecule has 0 aliphatic heterocycles. The molecule has 7 heteroatoms. The Balaban J connectivity index is 0.901. The average Bonchev–Trinajstić information content (AvgIpc) is 4.06. The minimum absolute atomic E-state index is 0.523. The Morgan fingerprint density at radius 2 is 0.896 bits per heavy atom. The van der Waals surface area contributed by atoms with Gasteiger partial charge in [0.1, 0.15) is 11.1 Å². The van der Waals surface area contributed by atoms with Gasteiger partial charge in [-0.25, -0.2) is 15.0 Å². The molecule has 0 unspecified atom stereocenters. The molecule has 0 aliphatic carbocycles. The number of furan rings is 1. The van der Waals surface area contributed by atoms with E-state index < -0.39 is 0 Å². The summed E-state index contributed by atoms with van der Waals surface area (Å²) in [5.74, 6) is 1.66. The van der Waals surface area contributed by atoms with Gasteiger partial charge in [0, 0.05) is 55.6 Å². The number of hydrogen-bond acceptors (Lipinski definition) is 5. The molecule has 5 heterocycles. The molecule has 0 saturated heterocycles. The van der Waals surface area contributed by atoms with Crippen LogP contribution in [-0.4, -0.2) is 29.1 Å². The van der Waals surface area contributed by atoms with Crippen molar-refractivity contribution in [3.8, 4) is 56.7 Å². The summed E-state index contributed by atoms with van der Waals surface area (Å²) in [6.07, 6.45) is 1.79. The molecule has 0 saturated carbocycles. The van der Waals surface area contributed by atoms with Crippen molar-refractivity contribution in [1.29, 1.82) is 0 Å². The van der Waals surface area contributed by atoms with Gasteiger partial charge in [-0.15, -0.1) is 0 Å². The van der Waals surface area contributed by atoms with E-state index in [-0.39, 0.29) is 0 Å². The predicted octanol–water partition coefficient (Wildman–Crippen LogP) is 15.2. The van der Waals surface area contributed by atoms with Gasteiger partial charge in [-0.3, -0.25) is 4.98 Å². The quantitative estimate of drug-likeness (QED) is 0.167. The molecule has 14 aromatic rings. The van der Waals surface area contributed by atoms with Crippen molar-refractivity contribution in [2.75, 3.05) is 0 Å². The summed E-state index contributed by atoms with van der Waals surface area (Å²) >= 11 is 0. The third-order valence-corrected chi connectivity index (χ3v) is 13.2. The second-order valence-electron chi connectivity index (χ2n) is 17.1. The van der Waals surface area contributed by atoms with Gasteiger partial charge in [-0.1, -0.05) is 115 Å². The number of para-hydroxylation sites is 4. The lowest BCUT2D eigenvalue weighted by molar-refractivity contribution is 0.668. The van der Waals surface area contributed by atoms with Gasteiger partial charge in [0.15, 0.2) is 23.1 Å². The highest BCUT2D eigenvalue weighted by atomic mass is 16.3. The Morgan fingerprint density at radius 1 is 0.343 bits per heavy atom. The van der Waals surface area contributed by atoms with Gasteiger partial charge in [-0.05, 0) is 119 Å². The Hall–Kier alpha value is -9.20. The van der Waals surface area contributed by atoms with Crippen molar-refractivity contribution in [2.45, 2.75) is 0 Å². The second kappa shape index (κ2) is 14.7. The van der Waals surface area contributed by atoms with E-state index in [1.54, 1.807) is 6.20 Å². The highest BCUT2D eigenvalue weighted by Crippen LogP contribution is 2.39. The maximum Gasteiger partial charge on any atom is 0.167 e. The van der Waals surface area contributed by atoms with Crippen molar-refractivity contribution in [2.24, 2.45) is 0 Å². The first-order chi connectivity index (χ1) is 33.2. The maximum absolute atomic E-state index is 6.46. The summed E-state index contributed by atoms with van der Waals surface area (Å²) < 4.78 is 11.2. The highest BCUT2D eigenvalue weighted by molar-refractivity contribution is 6.12. The Bertz CT molecular complexity index is 4220. The smallest absolute Gasteiger partial charge is 0.167 e. The molecule has 0 radical (unpaired) electrons.